The summed E-state index contributed by atoms with van der Waals surface area (Å²) in [5.74, 6) is -1.32. The molecule has 12 heteroatoms. The van der Waals surface area contributed by atoms with Gasteiger partial charge >= 0.3 is 12.4 Å². The Labute approximate surface area is 246 Å². The predicted octanol–water partition coefficient (Wildman–Crippen LogP) is 5.77. The monoisotopic (exact) mass is 614 g/mol. The zero-order chi connectivity index (χ0) is 31.3. The molecule has 6 nitrogen and oxygen atoms in total. The molecule has 236 valence electrons. The smallest absolute Gasteiger partial charge is 0.391 e. The third-order valence-electron chi connectivity index (χ3n) is 9.27. The number of piperidine rings is 1. The predicted molar refractivity (Wildman–Crippen MR) is 145 cm³/mol. The number of nitrogens with one attached hydrogen (secondary N) is 1. The van der Waals surface area contributed by atoms with Crippen molar-refractivity contribution in [2.24, 2.45) is 0 Å². The van der Waals surface area contributed by atoms with Gasteiger partial charge in [0.2, 0.25) is 5.91 Å². The van der Waals surface area contributed by atoms with Crippen LogP contribution in [0.5, 0.6) is 0 Å². The highest BCUT2D eigenvalue weighted by Crippen LogP contribution is 2.43. The normalized spacial score (nSPS) is 26.9. The number of benzene rings is 2. The molecule has 0 unspecified atom stereocenters. The fourth-order valence-electron chi connectivity index (χ4n) is 6.62. The Hall–Kier alpha value is -2.67. The lowest BCUT2D eigenvalue weighted by Gasteiger charge is -2.49. The van der Waals surface area contributed by atoms with Crippen LogP contribution >= 0.6 is 0 Å². The van der Waals surface area contributed by atoms with Crippen molar-refractivity contribution in [3.63, 3.8) is 0 Å². The Morgan fingerprint density at radius 1 is 0.884 bits per heavy atom. The number of carbonyl (C=O) groups is 1. The lowest BCUT2D eigenvalue weighted by molar-refractivity contribution is -0.192. The molecular formula is C31H36F6N2O4. The van der Waals surface area contributed by atoms with Crippen molar-refractivity contribution in [2.75, 3.05) is 26.3 Å². The van der Waals surface area contributed by atoms with E-state index < -0.39 is 57.8 Å². The fraction of sp³-hybridized carbons (Fsp3) is 0.581. The Bertz CT molecular complexity index is 1270. The van der Waals surface area contributed by atoms with Crippen LogP contribution in [0.2, 0.25) is 0 Å². The summed E-state index contributed by atoms with van der Waals surface area (Å²) < 4.78 is 93.1. The molecule has 2 saturated heterocycles. The summed E-state index contributed by atoms with van der Waals surface area (Å²) in [4.78, 5) is 16.1. The number of halogens is 6. The Morgan fingerprint density at radius 3 is 1.93 bits per heavy atom. The molecule has 3 fully saturated rings. The van der Waals surface area contributed by atoms with Crippen LogP contribution < -0.4 is 5.32 Å². The number of rotatable bonds is 5. The molecule has 0 aromatic heterocycles. The number of ether oxygens (including phenoxy) is 2. The van der Waals surface area contributed by atoms with Crippen LogP contribution in [0.1, 0.15) is 68.2 Å². The molecule has 1 spiro atoms. The number of alkyl halides is 6. The molecular weight excluding hydrogens is 578 g/mol. The van der Waals surface area contributed by atoms with Crippen LogP contribution in [-0.4, -0.2) is 60.1 Å². The minimum Gasteiger partial charge on any atom is -0.391 e. The maximum absolute atomic E-state index is 13.9. The average Bonchev–Trinajstić information content (AvgIpc) is 3.41. The van der Waals surface area contributed by atoms with Crippen molar-refractivity contribution >= 4 is 5.91 Å². The summed E-state index contributed by atoms with van der Waals surface area (Å²) >= 11 is 0. The van der Waals surface area contributed by atoms with Gasteiger partial charge in [0.25, 0.3) is 0 Å². The van der Waals surface area contributed by atoms with E-state index in [9.17, 15) is 36.2 Å². The first kappa shape index (κ1) is 31.7. The number of hydrogen-bond acceptors (Lipinski definition) is 5. The molecule has 2 N–H and O–H groups in total. The van der Waals surface area contributed by atoms with Gasteiger partial charge in [-0.1, -0.05) is 30.3 Å². The zero-order valence-corrected chi connectivity index (χ0v) is 24.0. The summed E-state index contributed by atoms with van der Waals surface area (Å²) in [7, 11) is 0. The molecule has 0 bridgehead atoms. The Balaban J connectivity index is 1.40. The number of likely N-dealkylation sites (tertiary alicyclic amines) is 1. The van der Waals surface area contributed by atoms with E-state index in [1.54, 1.807) is 30.3 Å². The minimum atomic E-state index is -5.04. The maximum atomic E-state index is 13.9. The van der Waals surface area contributed by atoms with Gasteiger partial charge in [-0.05, 0) is 56.0 Å². The van der Waals surface area contributed by atoms with Crippen LogP contribution in [-0.2, 0) is 37.6 Å². The molecule has 1 amide bonds. The van der Waals surface area contributed by atoms with Crippen LogP contribution in [0.15, 0.2) is 48.5 Å². The van der Waals surface area contributed by atoms with E-state index in [-0.39, 0.29) is 18.5 Å². The first-order valence-electron chi connectivity index (χ1n) is 14.4. The summed E-state index contributed by atoms with van der Waals surface area (Å²) in [5.41, 5.74) is -5.54. The largest absolute Gasteiger partial charge is 0.416 e. The van der Waals surface area contributed by atoms with E-state index in [0.717, 1.165) is 0 Å². The molecule has 2 aliphatic heterocycles. The standard InChI is InChI=1S/C31H36F6N2O4/c1-27(2,21-16-22(30(32,33)34)18-23(17-21)31(35,36)37)26(41)38-28(20-6-4-3-5-7-20)9-8-24(25(40)19-28)39-12-10-29(11-13-39)42-14-15-43-29/h3-7,16-18,24-25,40H,8-15,19H2,1-2H3,(H,38,41)/t24-,25-,28-/m1/s1. The van der Waals surface area contributed by atoms with Gasteiger partial charge in [0, 0.05) is 38.4 Å². The van der Waals surface area contributed by atoms with E-state index >= 15 is 0 Å². The van der Waals surface area contributed by atoms with Crippen LogP contribution in [0.3, 0.4) is 0 Å². The van der Waals surface area contributed by atoms with Crippen LogP contribution in [0.4, 0.5) is 26.3 Å². The molecule has 43 heavy (non-hydrogen) atoms. The molecule has 2 aromatic rings. The number of amides is 1. The topological polar surface area (TPSA) is 71.0 Å². The van der Waals surface area contributed by atoms with Gasteiger partial charge < -0.3 is 19.9 Å². The molecule has 1 aliphatic carbocycles. The Morgan fingerprint density at radius 2 is 1.42 bits per heavy atom. The van der Waals surface area contributed by atoms with Crippen molar-refractivity contribution in [3.8, 4) is 0 Å². The maximum Gasteiger partial charge on any atom is 0.416 e. The summed E-state index contributed by atoms with van der Waals surface area (Å²) in [6.07, 6.45) is -8.57. The highest BCUT2D eigenvalue weighted by atomic mass is 19.4. The summed E-state index contributed by atoms with van der Waals surface area (Å²) in [6.45, 7) is 5.04. The average molecular weight is 615 g/mol. The SMILES string of the molecule is CC(C)(C(=O)N[C@]1(c2ccccc2)CC[C@@H](N2CCC3(CC2)OCCO3)[C@H](O)C1)c1cc(C(F)(F)F)cc(C(F)(F)F)c1. The van der Waals surface area contributed by atoms with E-state index in [1.807, 2.05) is 0 Å². The fourth-order valence-corrected chi connectivity index (χ4v) is 6.62. The van der Waals surface area contributed by atoms with Crippen LogP contribution in [0.25, 0.3) is 0 Å². The van der Waals surface area contributed by atoms with Crippen LogP contribution in [0, 0.1) is 0 Å². The lowest BCUT2D eigenvalue weighted by Crippen LogP contribution is -2.60. The van der Waals surface area contributed by atoms with Gasteiger partial charge in [-0.25, -0.2) is 0 Å². The zero-order valence-electron chi connectivity index (χ0n) is 24.0. The highest BCUT2D eigenvalue weighted by molar-refractivity contribution is 5.88. The van der Waals surface area contributed by atoms with E-state index in [2.05, 4.69) is 10.2 Å². The quantitative estimate of drug-likeness (QED) is 0.419. The van der Waals surface area contributed by atoms with E-state index in [0.29, 0.717) is 69.7 Å². The number of carbonyl (C=O) groups excluding carboxylic acids is 1. The van der Waals surface area contributed by atoms with Crippen molar-refractivity contribution in [2.45, 2.75) is 87.2 Å². The molecule has 5 rings (SSSR count). The molecule has 3 aliphatic rings. The van der Waals surface area contributed by atoms with Gasteiger partial charge in [-0.2, -0.15) is 26.3 Å². The third kappa shape index (κ3) is 6.43. The summed E-state index contributed by atoms with van der Waals surface area (Å²) in [6, 6.07) is 9.99. The molecule has 3 atom stereocenters. The molecule has 0 radical (unpaired) electrons. The van der Waals surface area contributed by atoms with Crippen molar-refractivity contribution in [3.05, 3.63) is 70.8 Å². The van der Waals surface area contributed by atoms with Gasteiger partial charge in [0.05, 0.1) is 41.4 Å². The van der Waals surface area contributed by atoms with Crippen molar-refractivity contribution in [1.82, 2.24) is 10.2 Å². The van der Waals surface area contributed by atoms with E-state index in [1.165, 1.54) is 13.8 Å². The summed E-state index contributed by atoms with van der Waals surface area (Å²) in [5, 5.41) is 14.4. The number of aliphatic hydroxyl groups is 1. The van der Waals surface area contributed by atoms with Crippen molar-refractivity contribution in [1.29, 1.82) is 0 Å². The number of nitrogens with zero attached hydrogens (tertiary/aromatic N) is 1. The third-order valence-corrected chi connectivity index (χ3v) is 9.27. The second-order valence-corrected chi connectivity index (χ2v) is 12.3. The molecule has 1 saturated carbocycles. The second kappa shape index (κ2) is 11.4. The minimum absolute atomic E-state index is 0.0496. The first-order chi connectivity index (χ1) is 20.0. The first-order valence-corrected chi connectivity index (χ1v) is 14.4. The lowest BCUT2D eigenvalue weighted by atomic mass is 9.71. The molecule has 2 heterocycles. The highest BCUT2D eigenvalue weighted by Gasteiger charge is 2.49. The molecule has 2 aromatic carbocycles. The van der Waals surface area contributed by atoms with E-state index in [4.69, 9.17) is 9.47 Å². The van der Waals surface area contributed by atoms with Gasteiger partial charge in [-0.3, -0.25) is 9.69 Å². The Kier molecular flexibility index (Phi) is 8.38. The second-order valence-electron chi connectivity index (χ2n) is 12.3. The number of hydrogen-bond donors (Lipinski definition) is 2. The van der Waals surface area contributed by atoms with Gasteiger partial charge in [0.1, 0.15) is 0 Å². The number of aliphatic hydroxyl groups excluding tert-OH is 1. The van der Waals surface area contributed by atoms with Gasteiger partial charge in [-0.15, -0.1) is 0 Å². The van der Waals surface area contributed by atoms with Crippen molar-refractivity contribution < 1.29 is 45.7 Å². The van der Waals surface area contributed by atoms with Gasteiger partial charge in [0.15, 0.2) is 5.79 Å².